The van der Waals surface area contributed by atoms with Crippen molar-refractivity contribution in [2.75, 3.05) is 7.11 Å². The van der Waals surface area contributed by atoms with Crippen molar-refractivity contribution in [1.29, 1.82) is 0 Å². The topological polar surface area (TPSA) is 44.5 Å². The molecule has 112 valence electrons. The molecule has 0 aromatic heterocycles. The average Bonchev–Trinajstić information content (AvgIpc) is 2.46. The Morgan fingerprint density at radius 1 is 1.14 bits per heavy atom. The third kappa shape index (κ3) is 3.90. The summed E-state index contributed by atoms with van der Waals surface area (Å²) in [6.45, 7) is 4.37. The fourth-order valence-electron chi connectivity index (χ4n) is 2.18. The van der Waals surface area contributed by atoms with Gasteiger partial charge in [-0.25, -0.2) is 0 Å². The Labute approximate surface area is 130 Å². The van der Waals surface area contributed by atoms with Gasteiger partial charge in [-0.1, -0.05) is 23.2 Å². The lowest BCUT2D eigenvalue weighted by Gasteiger charge is -2.16. The molecule has 0 aliphatic heterocycles. The third-order valence-electron chi connectivity index (χ3n) is 3.28. The highest BCUT2D eigenvalue weighted by molar-refractivity contribution is 6.30. The zero-order chi connectivity index (χ0) is 15.4. The SMILES string of the molecule is COc1ccc(C)cc1COc1ccc(Cl)cc1[C@H](C)N. The number of benzene rings is 2. The summed E-state index contributed by atoms with van der Waals surface area (Å²) in [4.78, 5) is 0. The van der Waals surface area contributed by atoms with Crippen molar-refractivity contribution < 1.29 is 9.47 Å². The molecule has 2 aromatic rings. The molecule has 4 heteroatoms. The lowest BCUT2D eigenvalue weighted by Crippen LogP contribution is -2.08. The van der Waals surface area contributed by atoms with Crippen LogP contribution in [0.25, 0.3) is 0 Å². The van der Waals surface area contributed by atoms with Gasteiger partial charge in [0, 0.05) is 22.2 Å². The van der Waals surface area contributed by atoms with Crippen molar-refractivity contribution in [2.24, 2.45) is 5.73 Å². The van der Waals surface area contributed by atoms with Crippen LogP contribution in [0.5, 0.6) is 11.5 Å². The van der Waals surface area contributed by atoms with Crippen LogP contribution >= 0.6 is 11.6 Å². The van der Waals surface area contributed by atoms with E-state index in [4.69, 9.17) is 26.8 Å². The van der Waals surface area contributed by atoms with E-state index in [1.54, 1.807) is 13.2 Å². The molecule has 0 bridgehead atoms. The molecule has 0 fully saturated rings. The summed E-state index contributed by atoms with van der Waals surface area (Å²) < 4.78 is 11.3. The van der Waals surface area contributed by atoms with Gasteiger partial charge < -0.3 is 15.2 Å². The molecule has 0 aliphatic rings. The maximum Gasteiger partial charge on any atom is 0.125 e. The summed E-state index contributed by atoms with van der Waals surface area (Å²) in [6.07, 6.45) is 0. The molecule has 1 atom stereocenters. The van der Waals surface area contributed by atoms with Crippen LogP contribution < -0.4 is 15.2 Å². The quantitative estimate of drug-likeness (QED) is 0.898. The highest BCUT2D eigenvalue weighted by Crippen LogP contribution is 2.29. The molecule has 0 heterocycles. The van der Waals surface area contributed by atoms with Crippen LogP contribution in [0.1, 0.15) is 29.7 Å². The second kappa shape index (κ2) is 6.83. The zero-order valence-corrected chi connectivity index (χ0v) is 13.3. The summed E-state index contributed by atoms with van der Waals surface area (Å²) in [5.74, 6) is 1.56. The summed E-state index contributed by atoms with van der Waals surface area (Å²) >= 11 is 6.02. The highest BCUT2D eigenvalue weighted by Gasteiger charge is 2.11. The molecule has 0 saturated carbocycles. The van der Waals surface area contributed by atoms with Crippen LogP contribution in [-0.2, 0) is 6.61 Å². The van der Waals surface area contributed by atoms with Gasteiger partial charge in [-0.2, -0.15) is 0 Å². The number of rotatable bonds is 5. The Morgan fingerprint density at radius 3 is 2.52 bits per heavy atom. The third-order valence-corrected chi connectivity index (χ3v) is 3.52. The predicted molar refractivity (Wildman–Crippen MR) is 86.1 cm³/mol. The van der Waals surface area contributed by atoms with E-state index in [2.05, 4.69) is 6.07 Å². The minimum Gasteiger partial charge on any atom is -0.496 e. The van der Waals surface area contributed by atoms with Crippen molar-refractivity contribution in [2.45, 2.75) is 26.5 Å². The van der Waals surface area contributed by atoms with Crippen LogP contribution in [0.4, 0.5) is 0 Å². The molecule has 0 amide bonds. The van der Waals surface area contributed by atoms with E-state index < -0.39 is 0 Å². The van der Waals surface area contributed by atoms with E-state index >= 15 is 0 Å². The normalized spacial score (nSPS) is 12.0. The summed E-state index contributed by atoms with van der Waals surface area (Å²) in [5.41, 5.74) is 9.03. The van der Waals surface area contributed by atoms with Gasteiger partial charge in [-0.3, -0.25) is 0 Å². The molecule has 3 nitrogen and oxygen atoms in total. The average molecular weight is 306 g/mol. The number of hydrogen-bond acceptors (Lipinski definition) is 3. The Bertz CT molecular complexity index is 626. The fraction of sp³-hybridized carbons (Fsp3) is 0.294. The first-order valence-electron chi connectivity index (χ1n) is 6.82. The largest absolute Gasteiger partial charge is 0.496 e. The molecule has 21 heavy (non-hydrogen) atoms. The van der Waals surface area contributed by atoms with Crippen molar-refractivity contribution in [1.82, 2.24) is 0 Å². The molecule has 2 rings (SSSR count). The van der Waals surface area contributed by atoms with Crippen LogP contribution in [0, 0.1) is 6.92 Å². The first-order chi connectivity index (χ1) is 10.0. The molecule has 2 N–H and O–H groups in total. The number of aryl methyl sites for hydroxylation is 1. The fourth-order valence-corrected chi connectivity index (χ4v) is 2.36. The minimum atomic E-state index is -0.141. The molecule has 0 spiro atoms. The van der Waals surface area contributed by atoms with Crippen LogP contribution in [0.15, 0.2) is 36.4 Å². The van der Waals surface area contributed by atoms with Crippen LogP contribution in [0.3, 0.4) is 0 Å². The van der Waals surface area contributed by atoms with E-state index in [1.807, 2.05) is 38.1 Å². The first kappa shape index (κ1) is 15.7. The van der Waals surface area contributed by atoms with Gasteiger partial charge in [0.25, 0.3) is 0 Å². The van der Waals surface area contributed by atoms with Gasteiger partial charge in [0.15, 0.2) is 0 Å². The second-order valence-corrected chi connectivity index (χ2v) is 5.51. The Morgan fingerprint density at radius 2 is 1.86 bits per heavy atom. The minimum absolute atomic E-state index is 0.141. The van der Waals surface area contributed by atoms with Crippen molar-refractivity contribution in [3.63, 3.8) is 0 Å². The van der Waals surface area contributed by atoms with Crippen molar-refractivity contribution in [3.8, 4) is 11.5 Å². The maximum absolute atomic E-state index is 6.02. The molecule has 0 saturated heterocycles. The molecule has 0 unspecified atom stereocenters. The lowest BCUT2D eigenvalue weighted by atomic mass is 10.1. The smallest absolute Gasteiger partial charge is 0.125 e. The maximum atomic E-state index is 6.02. The Balaban J connectivity index is 2.22. The van der Waals surface area contributed by atoms with E-state index in [1.165, 1.54) is 0 Å². The van der Waals surface area contributed by atoms with Gasteiger partial charge in [-0.15, -0.1) is 0 Å². The summed E-state index contributed by atoms with van der Waals surface area (Å²) in [5, 5.41) is 0.655. The van der Waals surface area contributed by atoms with Crippen LogP contribution in [-0.4, -0.2) is 7.11 Å². The van der Waals surface area contributed by atoms with Crippen molar-refractivity contribution in [3.05, 3.63) is 58.1 Å². The predicted octanol–water partition coefficient (Wildman–Crippen LogP) is 4.26. The van der Waals surface area contributed by atoms with Gasteiger partial charge >= 0.3 is 0 Å². The van der Waals surface area contributed by atoms with Gasteiger partial charge in [0.1, 0.15) is 18.1 Å². The number of halogens is 1. The van der Waals surface area contributed by atoms with E-state index in [0.717, 1.165) is 28.2 Å². The van der Waals surface area contributed by atoms with Gasteiger partial charge in [0.05, 0.1) is 7.11 Å². The zero-order valence-electron chi connectivity index (χ0n) is 12.5. The lowest BCUT2D eigenvalue weighted by molar-refractivity contribution is 0.292. The number of hydrogen-bond donors (Lipinski definition) is 1. The van der Waals surface area contributed by atoms with Crippen LogP contribution in [0.2, 0.25) is 5.02 Å². The Kier molecular flexibility index (Phi) is 5.10. The van der Waals surface area contributed by atoms with E-state index in [-0.39, 0.29) is 6.04 Å². The number of ether oxygens (including phenoxy) is 2. The molecule has 2 aromatic carbocycles. The summed E-state index contributed by atoms with van der Waals surface area (Å²) in [7, 11) is 1.66. The van der Waals surface area contributed by atoms with E-state index in [9.17, 15) is 0 Å². The monoisotopic (exact) mass is 305 g/mol. The molecular formula is C17H20ClNO2. The van der Waals surface area contributed by atoms with Gasteiger partial charge in [0.2, 0.25) is 0 Å². The van der Waals surface area contributed by atoms with Gasteiger partial charge in [-0.05, 0) is 44.2 Å². The number of methoxy groups -OCH3 is 1. The highest BCUT2D eigenvalue weighted by atomic mass is 35.5. The second-order valence-electron chi connectivity index (χ2n) is 5.07. The summed E-state index contributed by atoms with van der Waals surface area (Å²) in [6, 6.07) is 11.4. The molecular weight excluding hydrogens is 286 g/mol. The Hall–Kier alpha value is -1.71. The molecule has 0 aliphatic carbocycles. The van der Waals surface area contributed by atoms with Crippen molar-refractivity contribution >= 4 is 11.6 Å². The standard InChI is InChI=1S/C17H20ClNO2/c1-11-4-6-16(20-3)13(8-11)10-21-17-7-5-14(18)9-15(17)12(2)19/h4-9,12H,10,19H2,1-3H3/t12-/m0/s1. The first-order valence-corrected chi connectivity index (χ1v) is 7.20. The number of nitrogens with two attached hydrogens (primary N) is 1. The van der Waals surface area contributed by atoms with E-state index in [0.29, 0.717) is 11.6 Å². The molecule has 0 radical (unpaired) electrons.